The van der Waals surface area contributed by atoms with Crippen LogP contribution >= 0.6 is 0 Å². The Balaban J connectivity index is 1.20. The molecular weight excluding hydrogens is 625 g/mol. The number of fused-ring (bicyclic) bond motifs is 9. The molecule has 0 amide bonds. The van der Waals surface area contributed by atoms with Gasteiger partial charge in [-0.3, -0.25) is 0 Å². The van der Waals surface area contributed by atoms with Crippen LogP contribution < -0.4 is 19.7 Å². The van der Waals surface area contributed by atoms with Crippen molar-refractivity contribution >= 4 is 22.6 Å². The molecule has 0 aromatic heterocycles. The van der Waals surface area contributed by atoms with E-state index in [1.165, 1.54) is 28.1 Å². The number of benzene rings is 6. The Morgan fingerprint density at radius 2 is 1.31 bits per heavy atom. The summed E-state index contributed by atoms with van der Waals surface area (Å²) in [5, 5.41) is 3.52. The molecule has 4 nitrogen and oxygen atoms in total. The second-order valence-electron chi connectivity index (χ2n) is 13.5. The van der Waals surface area contributed by atoms with Gasteiger partial charge >= 0.3 is 0 Å². The Kier molecular flexibility index (Phi) is 7.12. The van der Waals surface area contributed by atoms with Crippen molar-refractivity contribution in [3.63, 3.8) is 0 Å². The van der Waals surface area contributed by atoms with Crippen LogP contribution in [0.25, 0.3) is 33.5 Å². The third kappa shape index (κ3) is 4.98. The Morgan fingerprint density at radius 3 is 2.18 bits per heavy atom. The van der Waals surface area contributed by atoms with Crippen molar-refractivity contribution < 1.29 is 9.47 Å². The molecule has 0 fully saturated rings. The summed E-state index contributed by atoms with van der Waals surface area (Å²) in [7, 11) is 0. The monoisotopic (exact) mass is 660 g/mol. The summed E-state index contributed by atoms with van der Waals surface area (Å²) in [6.45, 7) is 0.796. The minimum absolute atomic E-state index is 0.130. The minimum Gasteiger partial charge on any atom is -0.456 e. The van der Waals surface area contributed by atoms with Gasteiger partial charge in [-0.2, -0.15) is 0 Å². The van der Waals surface area contributed by atoms with Crippen LogP contribution in [0.1, 0.15) is 35.4 Å². The van der Waals surface area contributed by atoms with E-state index in [0.29, 0.717) is 5.92 Å². The molecule has 10 rings (SSSR count). The number of anilines is 2. The first-order valence-corrected chi connectivity index (χ1v) is 17.9. The lowest BCUT2D eigenvalue weighted by Crippen LogP contribution is -2.33. The molecular formula is C47H36N2O2. The van der Waals surface area contributed by atoms with Crippen molar-refractivity contribution in [1.82, 2.24) is 5.32 Å². The third-order valence-electron chi connectivity index (χ3n) is 10.7. The highest BCUT2D eigenvalue weighted by Crippen LogP contribution is 2.56. The van der Waals surface area contributed by atoms with Crippen LogP contribution in [0.15, 0.2) is 164 Å². The van der Waals surface area contributed by atoms with Gasteiger partial charge in [0.25, 0.3) is 0 Å². The van der Waals surface area contributed by atoms with Crippen molar-refractivity contribution in [2.24, 2.45) is 0 Å². The minimum atomic E-state index is 0.130. The first-order valence-electron chi connectivity index (χ1n) is 17.9. The third-order valence-corrected chi connectivity index (χ3v) is 10.7. The van der Waals surface area contributed by atoms with Crippen molar-refractivity contribution in [2.45, 2.75) is 24.8 Å². The molecule has 51 heavy (non-hydrogen) atoms. The van der Waals surface area contributed by atoms with Crippen LogP contribution in [0.3, 0.4) is 0 Å². The maximum atomic E-state index is 7.21. The highest BCUT2D eigenvalue weighted by molar-refractivity contribution is 5.94. The molecule has 4 heteroatoms. The summed E-state index contributed by atoms with van der Waals surface area (Å²) in [5.41, 5.74) is 12.6. The summed E-state index contributed by atoms with van der Waals surface area (Å²) in [6, 6.07) is 49.6. The number of nitrogens with one attached hydrogen (secondary N) is 1. The second kappa shape index (κ2) is 12.3. The normalized spacial score (nSPS) is 18.2. The lowest BCUT2D eigenvalue weighted by atomic mass is 9.77. The lowest BCUT2D eigenvalue weighted by Gasteiger charge is -2.36. The Bertz CT molecular complexity index is 2410. The Hall–Kier alpha value is -6.26. The zero-order valence-electron chi connectivity index (χ0n) is 28.1. The van der Waals surface area contributed by atoms with Gasteiger partial charge in [-0.1, -0.05) is 109 Å². The number of hydrogen-bond acceptors (Lipinski definition) is 4. The zero-order valence-corrected chi connectivity index (χ0v) is 28.1. The van der Waals surface area contributed by atoms with Gasteiger partial charge in [0.15, 0.2) is 0 Å². The summed E-state index contributed by atoms with van der Waals surface area (Å²) >= 11 is 0. The predicted molar refractivity (Wildman–Crippen MR) is 208 cm³/mol. The second-order valence-corrected chi connectivity index (χ2v) is 13.5. The maximum absolute atomic E-state index is 7.21. The van der Waals surface area contributed by atoms with Crippen LogP contribution in [-0.4, -0.2) is 12.6 Å². The molecule has 0 spiro atoms. The van der Waals surface area contributed by atoms with Gasteiger partial charge in [-0.05, 0) is 84.1 Å². The highest BCUT2D eigenvalue weighted by Gasteiger charge is 2.43. The number of hydrogen-bond donors (Lipinski definition) is 1. The molecule has 0 saturated heterocycles. The van der Waals surface area contributed by atoms with Crippen molar-refractivity contribution in [2.75, 3.05) is 11.4 Å². The molecule has 1 aliphatic carbocycles. The quantitative estimate of drug-likeness (QED) is 0.204. The first-order chi connectivity index (χ1) is 25.3. The van der Waals surface area contributed by atoms with Crippen LogP contribution in [0.2, 0.25) is 0 Å². The van der Waals surface area contributed by atoms with E-state index < -0.39 is 0 Å². The average Bonchev–Trinajstić information content (AvgIpc) is 3.54. The van der Waals surface area contributed by atoms with Gasteiger partial charge in [0.1, 0.15) is 23.0 Å². The molecule has 0 radical (unpaired) electrons. The average molecular weight is 661 g/mol. The van der Waals surface area contributed by atoms with Crippen molar-refractivity contribution in [1.29, 1.82) is 0 Å². The number of nitrogens with zero attached hydrogens (tertiary/aromatic N) is 1. The largest absolute Gasteiger partial charge is 0.456 e. The van der Waals surface area contributed by atoms with Crippen LogP contribution in [0.5, 0.6) is 23.0 Å². The van der Waals surface area contributed by atoms with E-state index in [2.05, 4.69) is 168 Å². The molecule has 0 saturated carbocycles. The number of para-hydroxylation sites is 4. The van der Waals surface area contributed by atoms with Gasteiger partial charge in [0, 0.05) is 57.4 Å². The number of dihydropyridines is 1. The number of rotatable bonds is 3. The molecule has 1 N–H and O–H groups in total. The van der Waals surface area contributed by atoms with Gasteiger partial charge in [0.05, 0.1) is 6.04 Å². The fourth-order valence-electron chi connectivity index (χ4n) is 8.45. The van der Waals surface area contributed by atoms with E-state index in [4.69, 9.17) is 9.47 Å². The van der Waals surface area contributed by atoms with Crippen molar-refractivity contribution in [3.8, 4) is 45.3 Å². The van der Waals surface area contributed by atoms with Crippen LogP contribution in [0, 0.1) is 0 Å². The SMILES string of the molecule is C1=CCNC(c2ccc3c(c2)Oc2cccc(C4=CCCC5c6ccccc6N(c6ccccc6)C45)c2-c2ccccc2Oc2ccccc2-3)=C1. The standard InChI is InChI=1S/C47H36N2O2/c1-2-14-32(15-3-1)49-41-23-7-4-16-33(41)37-20-12-21-38(47(37)49)36-19-13-26-44-46(36)39-18-6-9-25-43(39)50-42-24-8-5-17-34(42)35-28-27-31(30-45(35)51-44)40-22-10-11-29-48-40/h1-11,13-19,21-28,30,37,47-48H,12,20,29H2. The van der Waals surface area contributed by atoms with Crippen LogP contribution in [0.4, 0.5) is 11.4 Å². The fourth-order valence-corrected chi connectivity index (χ4v) is 8.45. The number of allylic oxidation sites excluding steroid dienone is 3. The summed E-state index contributed by atoms with van der Waals surface area (Å²) in [6.07, 6.45) is 10.9. The first kappa shape index (κ1) is 29.6. The van der Waals surface area contributed by atoms with Crippen molar-refractivity contribution in [3.05, 3.63) is 181 Å². The van der Waals surface area contributed by atoms with Crippen LogP contribution in [-0.2, 0) is 0 Å². The fraction of sp³-hybridized carbons (Fsp3) is 0.106. The molecule has 2 unspecified atom stereocenters. The molecule has 0 bridgehead atoms. The van der Waals surface area contributed by atoms with Gasteiger partial charge in [-0.25, -0.2) is 0 Å². The molecule has 6 aromatic rings. The van der Waals surface area contributed by atoms with Gasteiger partial charge in [0.2, 0.25) is 0 Å². The van der Waals surface area contributed by atoms with Gasteiger partial charge < -0.3 is 19.7 Å². The summed E-state index contributed by atoms with van der Waals surface area (Å²) in [4.78, 5) is 2.56. The summed E-state index contributed by atoms with van der Waals surface area (Å²) in [5.74, 6) is 3.54. The Labute approximate surface area is 298 Å². The van der Waals surface area contributed by atoms with E-state index in [1.807, 2.05) is 6.07 Å². The Morgan fingerprint density at radius 1 is 0.608 bits per heavy atom. The predicted octanol–water partition coefficient (Wildman–Crippen LogP) is 11.9. The zero-order chi connectivity index (χ0) is 33.7. The molecule has 6 aromatic carbocycles. The topological polar surface area (TPSA) is 33.7 Å². The molecule has 246 valence electrons. The lowest BCUT2D eigenvalue weighted by molar-refractivity contribution is 0.472. The number of ether oxygens (including phenoxy) is 2. The van der Waals surface area contributed by atoms with E-state index in [0.717, 1.165) is 75.9 Å². The van der Waals surface area contributed by atoms with E-state index in [-0.39, 0.29) is 6.04 Å². The molecule has 3 heterocycles. The maximum Gasteiger partial charge on any atom is 0.136 e. The summed E-state index contributed by atoms with van der Waals surface area (Å²) < 4.78 is 14.1. The molecule has 2 atom stereocenters. The molecule has 4 aliphatic rings. The van der Waals surface area contributed by atoms with E-state index in [1.54, 1.807) is 0 Å². The molecule has 3 aliphatic heterocycles. The highest BCUT2D eigenvalue weighted by atomic mass is 16.5. The van der Waals surface area contributed by atoms with Gasteiger partial charge in [-0.15, -0.1) is 0 Å². The van der Waals surface area contributed by atoms with E-state index in [9.17, 15) is 0 Å². The van der Waals surface area contributed by atoms with E-state index >= 15 is 0 Å². The smallest absolute Gasteiger partial charge is 0.136 e.